The van der Waals surface area contributed by atoms with Crippen LogP contribution in [0.3, 0.4) is 0 Å². The number of aryl methyl sites for hydroxylation is 2. The lowest BCUT2D eigenvalue weighted by Gasteiger charge is -2.04. The first-order valence-corrected chi connectivity index (χ1v) is 7.03. The van der Waals surface area contributed by atoms with Gasteiger partial charge in [0.15, 0.2) is 0 Å². The van der Waals surface area contributed by atoms with Gasteiger partial charge in [0.05, 0.1) is 5.69 Å². The molecule has 0 spiro atoms. The Hall–Kier alpha value is -2.28. The number of phenols is 1. The fraction of sp³-hybridized carbons (Fsp3) is 0.231. The second kappa shape index (κ2) is 5.01. The number of nitrogens with zero attached hydrogens (tertiary/aromatic N) is 5. The summed E-state index contributed by atoms with van der Waals surface area (Å²) in [5, 5.41) is 21.8. The summed E-state index contributed by atoms with van der Waals surface area (Å²) in [7, 11) is 0. The first-order valence-electron chi connectivity index (χ1n) is 6.22. The van der Waals surface area contributed by atoms with E-state index in [1.54, 1.807) is 17.4 Å². The molecule has 7 heteroatoms. The average Bonchev–Trinajstić information content (AvgIpc) is 3.08. The minimum absolute atomic E-state index is 0.130. The minimum Gasteiger partial charge on any atom is -0.506 e. The van der Waals surface area contributed by atoms with E-state index < -0.39 is 0 Å². The number of rotatable bonds is 3. The molecule has 20 heavy (non-hydrogen) atoms. The summed E-state index contributed by atoms with van der Waals surface area (Å²) < 4.78 is 1.43. The van der Waals surface area contributed by atoms with Crippen LogP contribution in [0.1, 0.15) is 17.5 Å². The van der Waals surface area contributed by atoms with Crippen molar-refractivity contribution in [2.75, 3.05) is 0 Å². The van der Waals surface area contributed by atoms with Crippen molar-refractivity contribution in [2.24, 2.45) is 0 Å². The molecule has 102 valence electrons. The van der Waals surface area contributed by atoms with Crippen LogP contribution in [0.25, 0.3) is 16.3 Å². The number of hydrogen-bond donors (Lipinski definition) is 1. The summed E-state index contributed by atoms with van der Waals surface area (Å²) >= 11 is 1.67. The number of tetrazole rings is 1. The lowest BCUT2D eigenvalue weighted by molar-refractivity contribution is 0.470. The Bertz CT molecular complexity index is 735. The Morgan fingerprint density at radius 2 is 2.20 bits per heavy atom. The molecule has 2 aromatic heterocycles. The molecule has 0 bridgehead atoms. The zero-order chi connectivity index (χ0) is 14.1. The van der Waals surface area contributed by atoms with Crippen LogP contribution in [0.2, 0.25) is 0 Å². The largest absolute Gasteiger partial charge is 0.506 e. The number of aromatic hydroxyl groups is 1. The van der Waals surface area contributed by atoms with Crippen LogP contribution >= 0.6 is 11.3 Å². The maximum absolute atomic E-state index is 9.93. The van der Waals surface area contributed by atoms with Crippen molar-refractivity contribution in [2.45, 2.75) is 20.3 Å². The van der Waals surface area contributed by atoms with E-state index in [1.165, 1.54) is 15.9 Å². The maximum Gasteiger partial charge on any atom is 0.144 e. The molecule has 1 N–H and O–H groups in total. The predicted octanol–water partition coefficient (Wildman–Crippen LogP) is 2.36. The van der Waals surface area contributed by atoms with Gasteiger partial charge >= 0.3 is 0 Å². The second-order valence-electron chi connectivity index (χ2n) is 4.34. The molecule has 0 saturated carbocycles. The standard InChI is InChI=1S/C13H13N5OS/c1-3-12-8(2)15-13(20-12)9-4-5-11(19)10(6-9)18-7-14-16-17-18/h4-7,19H,3H2,1-2H3. The molecule has 0 aliphatic carbocycles. The van der Waals surface area contributed by atoms with E-state index in [1.807, 2.05) is 19.1 Å². The third kappa shape index (κ3) is 2.16. The Labute approximate surface area is 119 Å². The van der Waals surface area contributed by atoms with Gasteiger partial charge in [-0.15, -0.1) is 16.4 Å². The van der Waals surface area contributed by atoms with E-state index in [0.29, 0.717) is 5.69 Å². The van der Waals surface area contributed by atoms with Crippen LogP contribution in [-0.2, 0) is 6.42 Å². The molecule has 6 nitrogen and oxygen atoms in total. The molecule has 0 amide bonds. The average molecular weight is 287 g/mol. The Balaban J connectivity index is 2.08. The van der Waals surface area contributed by atoms with Crippen LogP contribution in [0.4, 0.5) is 0 Å². The summed E-state index contributed by atoms with van der Waals surface area (Å²) in [6.07, 6.45) is 2.42. The third-order valence-electron chi connectivity index (χ3n) is 3.03. The lowest BCUT2D eigenvalue weighted by atomic mass is 10.2. The molecule has 0 atom stereocenters. The molecule has 0 aliphatic heterocycles. The zero-order valence-electron chi connectivity index (χ0n) is 11.1. The highest BCUT2D eigenvalue weighted by molar-refractivity contribution is 7.15. The Morgan fingerprint density at radius 3 is 2.85 bits per heavy atom. The van der Waals surface area contributed by atoms with E-state index in [-0.39, 0.29) is 5.75 Å². The number of aromatic nitrogens is 5. The van der Waals surface area contributed by atoms with Gasteiger partial charge in [0, 0.05) is 10.4 Å². The number of thiazole rings is 1. The third-order valence-corrected chi connectivity index (χ3v) is 4.38. The molecule has 0 radical (unpaired) electrons. The van der Waals surface area contributed by atoms with Crippen LogP contribution in [-0.4, -0.2) is 30.3 Å². The maximum atomic E-state index is 9.93. The predicted molar refractivity (Wildman–Crippen MR) is 76.0 cm³/mol. The van der Waals surface area contributed by atoms with Crippen molar-refractivity contribution in [3.05, 3.63) is 35.1 Å². The quantitative estimate of drug-likeness (QED) is 0.800. The number of hydrogen-bond acceptors (Lipinski definition) is 6. The molecule has 0 aliphatic rings. The van der Waals surface area contributed by atoms with E-state index >= 15 is 0 Å². The topological polar surface area (TPSA) is 76.7 Å². The van der Waals surface area contributed by atoms with Gasteiger partial charge in [-0.2, -0.15) is 4.68 Å². The molecule has 0 fully saturated rings. The zero-order valence-corrected chi connectivity index (χ0v) is 11.9. The Kier molecular flexibility index (Phi) is 3.19. The molecular formula is C13H13N5OS. The van der Waals surface area contributed by atoms with Gasteiger partial charge in [-0.1, -0.05) is 6.92 Å². The van der Waals surface area contributed by atoms with Crippen molar-refractivity contribution >= 4 is 11.3 Å². The summed E-state index contributed by atoms with van der Waals surface area (Å²) in [6.45, 7) is 4.13. The van der Waals surface area contributed by atoms with Crippen LogP contribution in [0.15, 0.2) is 24.5 Å². The fourth-order valence-corrected chi connectivity index (χ4v) is 2.99. The molecule has 3 aromatic rings. The van der Waals surface area contributed by atoms with Crippen molar-refractivity contribution in [3.8, 4) is 22.0 Å². The summed E-state index contributed by atoms with van der Waals surface area (Å²) in [5.41, 5.74) is 2.55. The highest BCUT2D eigenvalue weighted by atomic mass is 32.1. The monoisotopic (exact) mass is 287 g/mol. The van der Waals surface area contributed by atoms with Crippen LogP contribution < -0.4 is 0 Å². The first-order chi connectivity index (χ1) is 9.69. The van der Waals surface area contributed by atoms with Gasteiger partial charge in [-0.05, 0) is 42.0 Å². The smallest absolute Gasteiger partial charge is 0.144 e. The molecule has 0 saturated heterocycles. The van der Waals surface area contributed by atoms with E-state index in [4.69, 9.17) is 0 Å². The van der Waals surface area contributed by atoms with Crippen LogP contribution in [0.5, 0.6) is 5.75 Å². The molecule has 0 unspecified atom stereocenters. The number of benzene rings is 1. The van der Waals surface area contributed by atoms with Gasteiger partial charge in [-0.25, -0.2) is 4.98 Å². The van der Waals surface area contributed by atoms with Gasteiger partial charge < -0.3 is 5.11 Å². The SMILES string of the molecule is CCc1sc(-c2ccc(O)c(-n3cnnn3)c2)nc1C. The normalized spacial score (nSPS) is 10.9. The highest BCUT2D eigenvalue weighted by Crippen LogP contribution is 2.32. The van der Waals surface area contributed by atoms with E-state index in [0.717, 1.165) is 22.7 Å². The Morgan fingerprint density at radius 1 is 1.35 bits per heavy atom. The van der Waals surface area contributed by atoms with Gasteiger partial charge in [-0.3, -0.25) is 0 Å². The summed E-state index contributed by atoms with van der Waals surface area (Å²) in [4.78, 5) is 5.85. The van der Waals surface area contributed by atoms with E-state index in [9.17, 15) is 5.11 Å². The van der Waals surface area contributed by atoms with Crippen molar-refractivity contribution in [3.63, 3.8) is 0 Å². The number of phenolic OH excluding ortho intramolecular Hbond substituents is 1. The minimum atomic E-state index is 0.130. The van der Waals surface area contributed by atoms with Crippen molar-refractivity contribution < 1.29 is 5.11 Å². The fourth-order valence-electron chi connectivity index (χ4n) is 1.99. The molecule has 3 rings (SSSR count). The highest BCUT2D eigenvalue weighted by Gasteiger charge is 2.12. The molecule has 2 heterocycles. The van der Waals surface area contributed by atoms with Gasteiger partial charge in [0.2, 0.25) is 0 Å². The van der Waals surface area contributed by atoms with Gasteiger partial charge in [0.25, 0.3) is 0 Å². The van der Waals surface area contributed by atoms with Crippen LogP contribution in [0, 0.1) is 6.92 Å². The van der Waals surface area contributed by atoms with Crippen molar-refractivity contribution in [1.29, 1.82) is 0 Å². The summed E-state index contributed by atoms with van der Waals surface area (Å²) in [6, 6.07) is 5.32. The lowest BCUT2D eigenvalue weighted by Crippen LogP contribution is -1.96. The molecular weight excluding hydrogens is 274 g/mol. The second-order valence-corrected chi connectivity index (χ2v) is 5.42. The first kappa shape index (κ1) is 12.7. The van der Waals surface area contributed by atoms with Gasteiger partial charge in [0.1, 0.15) is 22.8 Å². The molecule has 1 aromatic carbocycles. The summed E-state index contributed by atoms with van der Waals surface area (Å²) in [5.74, 6) is 0.130. The van der Waals surface area contributed by atoms with Crippen molar-refractivity contribution in [1.82, 2.24) is 25.2 Å². The van der Waals surface area contributed by atoms with E-state index in [2.05, 4.69) is 27.4 Å².